The van der Waals surface area contributed by atoms with Gasteiger partial charge in [-0.1, -0.05) is 30.0 Å². The molecule has 7 heteroatoms. The van der Waals surface area contributed by atoms with Gasteiger partial charge < -0.3 is 10.1 Å². The van der Waals surface area contributed by atoms with E-state index in [1.54, 1.807) is 13.3 Å². The lowest BCUT2D eigenvalue weighted by molar-refractivity contribution is 0.414. The molecule has 0 spiro atoms. The second kappa shape index (κ2) is 7.90. The van der Waals surface area contributed by atoms with Crippen LogP contribution in [0.4, 0.5) is 11.5 Å². The number of H-pyrrole nitrogens is 1. The Morgan fingerprint density at radius 1 is 1.11 bits per heavy atom. The zero-order chi connectivity index (χ0) is 19.5. The Balaban J connectivity index is 1.76. The van der Waals surface area contributed by atoms with Crippen molar-refractivity contribution in [3.8, 4) is 5.75 Å². The molecule has 4 aromatic rings. The molecule has 142 valence electrons. The Morgan fingerprint density at radius 3 is 2.68 bits per heavy atom. The van der Waals surface area contributed by atoms with E-state index in [0.717, 1.165) is 45.4 Å². The van der Waals surface area contributed by atoms with Crippen LogP contribution in [0, 0.1) is 6.92 Å². The SMILES string of the molecule is COc1ccc(Cc2ccc3[nH]nc(C)c3c2Nc2ccnc(SC)n2)cc1. The summed E-state index contributed by atoms with van der Waals surface area (Å²) in [5.74, 6) is 1.62. The van der Waals surface area contributed by atoms with Gasteiger partial charge in [0.1, 0.15) is 11.6 Å². The van der Waals surface area contributed by atoms with Crippen molar-refractivity contribution in [2.45, 2.75) is 18.5 Å². The maximum absolute atomic E-state index is 5.27. The number of thioether (sulfide) groups is 1. The minimum absolute atomic E-state index is 0.734. The van der Waals surface area contributed by atoms with Crippen molar-refractivity contribution in [2.24, 2.45) is 0 Å². The van der Waals surface area contributed by atoms with E-state index in [4.69, 9.17) is 4.74 Å². The van der Waals surface area contributed by atoms with Crippen LogP contribution >= 0.6 is 11.8 Å². The molecule has 0 amide bonds. The summed E-state index contributed by atoms with van der Waals surface area (Å²) in [6.07, 6.45) is 4.52. The summed E-state index contributed by atoms with van der Waals surface area (Å²) >= 11 is 1.52. The lowest BCUT2D eigenvalue weighted by Crippen LogP contribution is -2.01. The smallest absolute Gasteiger partial charge is 0.189 e. The number of aromatic amines is 1. The summed E-state index contributed by atoms with van der Waals surface area (Å²) in [4.78, 5) is 8.83. The number of hydrogen-bond donors (Lipinski definition) is 2. The topological polar surface area (TPSA) is 75.7 Å². The number of aromatic nitrogens is 4. The number of nitrogens with one attached hydrogen (secondary N) is 2. The molecule has 2 heterocycles. The third kappa shape index (κ3) is 3.66. The van der Waals surface area contributed by atoms with E-state index >= 15 is 0 Å². The Morgan fingerprint density at radius 2 is 1.93 bits per heavy atom. The summed E-state index contributed by atoms with van der Waals surface area (Å²) in [5.41, 5.74) is 5.35. The van der Waals surface area contributed by atoms with Crippen LogP contribution in [0.5, 0.6) is 5.75 Å². The normalized spacial score (nSPS) is 11.0. The van der Waals surface area contributed by atoms with Gasteiger partial charge in [0.15, 0.2) is 5.16 Å². The van der Waals surface area contributed by atoms with Crippen LogP contribution in [0.3, 0.4) is 0 Å². The third-order valence-corrected chi connectivity index (χ3v) is 5.18. The Bertz CT molecular complexity index is 1110. The van der Waals surface area contributed by atoms with E-state index in [-0.39, 0.29) is 0 Å². The van der Waals surface area contributed by atoms with Crippen LogP contribution in [0.1, 0.15) is 16.8 Å². The molecule has 0 radical (unpaired) electrons. The van der Waals surface area contributed by atoms with Crippen molar-refractivity contribution in [1.29, 1.82) is 0 Å². The van der Waals surface area contributed by atoms with Crippen LogP contribution in [0.2, 0.25) is 0 Å². The van der Waals surface area contributed by atoms with Crippen molar-refractivity contribution < 1.29 is 4.74 Å². The van der Waals surface area contributed by atoms with E-state index in [9.17, 15) is 0 Å². The first-order chi connectivity index (χ1) is 13.7. The van der Waals surface area contributed by atoms with Crippen molar-refractivity contribution in [1.82, 2.24) is 20.2 Å². The lowest BCUT2D eigenvalue weighted by Gasteiger charge is -2.14. The van der Waals surface area contributed by atoms with Gasteiger partial charge in [0.2, 0.25) is 0 Å². The van der Waals surface area contributed by atoms with Gasteiger partial charge in [-0.25, -0.2) is 9.97 Å². The highest BCUT2D eigenvalue weighted by Gasteiger charge is 2.14. The lowest BCUT2D eigenvalue weighted by atomic mass is 10.00. The highest BCUT2D eigenvalue weighted by Crippen LogP contribution is 2.33. The van der Waals surface area contributed by atoms with Crippen LogP contribution < -0.4 is 10.1 Å². The van der Waals surface area contributed by atoms with Gasteiger partial charge in [-0.2, -0.15) is 5.10 Å². The molecular weight excluding hydrogens is 370 g/mol. The second-order valence-electron chi connectivity index (χ2n) is 6.41. The predicted molar refractivity (Wildman–Crippen MR) is 114 cm³/mol. The summed E-state index contributed by atoms with van der Waals surface area (Å²) in [6.45, 7) is 2.01. The first-order valence-corrected chi connectivity index (χ1v) is 10.1. The van der Waals surface area contributed by atoms with E-state index in [2.05, 4.69) is 49.7 Å². The number of methoxy groups -OCH3 is 1. The predicted octanol–water partition coefficient (Wildman–Crippen LogP) is 4.73. The minimum Gasteiger partial charge on any atom is -0.497 e. The molecule has 0 atom stereocenters. The van der Waals surface area contributed by atoms with Crippen LogP contribution in [-0.2, 0) is 6.42 Å². The Labute approximate surface area is 167 Å². The average molecular weight is 392 g/mol. The molecule has 28 heavy (non-hydrogen) atoms. The van der Waals surface area contributed by atoms with E-state index < -0.39 is 0 Å². The highest BCUT2D eigenvalue weighted by molar-refractivity contribution is 7.98. The molecule has 0 bridgehead atoms. The minimum atomic E-state index is 0.734. The van der Waals surface area contributed by atoms with Gasteiger partial charge in [0, 0.05) is 11.6 Å². The zero-order valence-electron chi connectivity index (χ0n) is 16.0. The van der Waals surface area contributed by atoms with Gasteiger partial charge in [-0.15, -0.1) is 0 Å². The highest BCUT2D eigenvalue weighted by atomic mass is 32.2. The molecule has 2 aromatic carbocycles. The fourth-order valence-corrected chi connectivity index (χ4v) is 3.56. The molecule has 4 rings (SSSR count). The molecule has 0 unspecified atom stereocenters. The average Bonchev–Trinajstić information content (AvgIpc) is 3.11. The number of aryl methyl sites for hydroxylation is 1. The molecule has 2 N–H and O–H groups in total. The van der Waals surface area contributed by atoms with Crippen molar-refractivity contribution >= 4 is 34.2 Å². The van der Waals surface area contributed by atoms with Gasteiger partial charge >= 0.3 is 0 Å². The van der Waals surface area contributed by atoms with Gasteiger partial charge in [0.25, 0.3) is 0 Å². The molecular formula is C21H21N5OS. The fraction of sp³-hybridized carbons (Fsp3) is 0.190. The molecule has 0 aliphatic heterocycles. The number of rotatable bonds is 6. The van der Waals surface area contributed by atoms with Crippen LogP contribution in [0.25, 0.3) is 10.9 Å². The van der Waals surface area contributed by atoms with Crippen molar-refractivity contribution in [3.05, 3.63) is 65.5 Å². The van der Waals surface area contributed by atoms with Crippen LogP contribution in [-0.4, -0.2) is 33.5 Å². The number of nitrogens with zero attached hydrogens (tertiary/aromatic N) is 3. The first kappa shape index (κ1) is 18.3. The summed E-state index contributed by atoms with van der Waals surface area (Å²) < 4.78 is 5.27. The summed E-state index contributed by atoms with van der Waals surface area (Å²) in [6, 6.07) is 14.2. The largest absolute Gasteiger partial charge is 0.497 e. The van der Waals surface area contributed by atoms with Gasteiger partial charge in [0.05, 0.1) is 24.0 Å². The number of hydrogen-bond acceptors (Lipinski definition) is 6. The number of anilines is 2. The standard InChI is InChI=1S/C21H21N5OS/c1-13-19-17(26-25-13)9-6-15(12-14-4-7-16(27-2)8-5-14)20(19)23-18-10-11-22-21(24-18)28-3/h4-11H,12H2,1-3H3,(H,25,26)(H,22,23,24). The fourth-order valence-electron chi connectivity index (χ4n) is 3.21. The van der Waals surface area contributed by atoms with Gasteiger partial charge in [-0.05, 0) is 55.0 Å². The molecule has 0 fully saturated rings. The number of fused-ring (bicyclic) bond motifs is 1. The quantitative estimate of drug-likeness (QED) is 0.366. The van der Waals surface area contributed by atoms with Crippen molar-refractivity contribution in [2.75, 3.05) is 18.7 Å². The summed E-state index contributed by atoms with van der Waals surface area (Å²) in [5, 5.41) is 12.8. The third-order valence-electron chi connectivity index (χ3n) is 4.62. The van der Waals surface area contributed by atoms with Crippen LogP contribution in [0.15, 0.2) is 53.8 Å². The molecule has 0 saturated heterocycles. The van der Waals surface area contributed by atoms with E-state index in [1.165, 1.54) is 22.9 Å². The second-order valence-corrected chi connectivity index (χ2v) is 7.18. The summed E-state index contributed by atoms with van der Waals surface area (Å²) in [7, 11) is 1.68. The zero-order valence-corrected chi connectivity index (χ0v) is 16.8. The number of ether oxygens (including phenoxy) is 1. The monoisotopic (exact) mass is 391 g/mol. The maximum Gasteiger partial charge on any atom is 0.189 e. The van der Waals surface area contributed by atoms with E-state index in [1.807, 2.05) is 31.4 Å². The maximum atomic E-state index is 5.27. The molecule has 6 nitrogen and oxygen atoms in total. The number of benzene rings is 2. The van der Waals surface area contributed by atoms with E-state index in [0.29, 0.717) is 0 Å². The van der Waals surface area contributed by atoms with Gasteiger partial charge in [-0.3, -0.25) is 5.10 Å². The Hall–Kier alpha value is -3.06. The molecule has 0 aliphatic rings. The van der Waals surface area contributed by atoms with Crippen molar-refractivity contribution in [3.63, 3.8) is 0 Å². The molecule has 0 saturated carbocycles. The molecule has 0 aliphatic carbocycles. The Kier molecular flexibility index (Phi) is 5.16. The first-order valence-electron chi connectivity index (χ1n) is 8.91. The molecule has 2 aromatic heterocycles.